The number of benzene rings is 2. The maximum absolute atomic E-state index is 13.5. The molecule has 2 aliphatic heterocycles. The van der Waals surface area contributed by atoms with Gasteiger partial charge in [-0.05, 0) is 76.1 Å². The minimum atomic E-state index is -4.54. The zero-order chi connectivity index (χ0) is 23.7. The maximum atomic E-state index is 13.5. The molecule has 180 valence electrons. The second-order valence-corrected chi connectivity index (χ2v) is 9.30. The lowest BCUT2D eigenvalue weighted by atomic mass is 10.0. The van der Waals surface area contributed by atoms with Gasteiger partial charge < -0.3 is 10.4 Å². The van der Waals surface area contributed by atoms with Gasteiger partial charge in [-0.1, -0.05) is 18.2 Å². The molecular weight excluding hydrogens is 441 g/mol. The third kappa shape index (κ3) is 4.98. The number of nitrogens with zero attached hydrogens (tertiary/aromatic N) is 3. The first kappa shape index (κ1) is 22.9. The Kier molecular flexibility index (Phi) is 6.36. The molecule has 0 radical (unpaired) electrons. The molecule has 8 heteroatoms. The largest absolute Gasteiger partial charge is 0.507 e. The summed E-state index contributed by atoms with van der Waals surface area (Å²) < 4.78 is 40.6. The number of rotatable bonds is 6. The van der Waals surface area contributed by atoms with Gasteiger partial charge in [-0.15, -0.1) is 0 Å². The van der Waals surface area contributed by atoms with E-state index in [0.717, 1.165) is 69.1 Å². The molecule has 2 N–H and O–H groups in total. The summed E-state index contributed by atoms with van der Waals surface area (Å²) in [5.41, 5.74) is 1.98. The second kappa shape index (κ2) is 9.43. The lowest BCUT2D eigenvalue weighted by molar-refractivity contribution is -0.140. The summed E-state index contributed by atoms with van der Waals surface area (Å²) in [5.74, 6) is 0.292. The van der Waals surface area contributed by atoms with E-state index in [-0.39, 0.29) is 5.52 Å². The minimum Gasteiger partial charge on any atom is -0.507 e. The van der Waals surface area contributed by atoms with Crippen molar-refractivity contribution in [3.05, 3.63) is 59.3 Å². The number of halogens is 3. The third-order valence-corrected chi connectivity index (χ3v) is 6.74. The smallest absolute Gasteiger partial charge is 0.433 e. The molecule has 0 spiro atoms. The number of phenolic OH excluding ortho intramolecular Hbond substituents is 1. The van der Waals surface area contributed by atoms with Crippen LogP contribution in [0.2, 0.25) is 0 Å². The van der Waals surface area contributed by atoms with Crippen LogP contribution in [0.3, 0.4) is 0 Å². The lowest BCUT2D eigenvalue weighted by Gasteiger charge is -2.22. The van der Waals surface area contributed by atoms with E-state index in [4.69, 9.17) is 0 Å². The number of pyridine rings is 1. The van der Waals surface area contributed by atoms with E-state index in [9.17, 15) is 18.3 Å². The molecule has 2 aliphatic rings. The van der Waals surface area contributed by atoms with E-state index in [1.165, 1.54) is 0 Å². The predicted molar refractivity (Wildman–Crippen MR) is 127 cm³/mol. The summed E-state index contributed by atoms with van der Waals surface area (Å²) in [6.07, 6.45) is 0.0213. The van der Waals surface area contributed by atoms with Crippen LogP contribution in [-0.2, 0) is 19.3 Å². The number of hydrogen-bond acceptors (Lipinski definition) is 5. The molecule has 0 unspecified atom stereocenters. The Labute approximate surface area is 197 Å². The van der Waals surface area contributed by atoms with Crippen molar-refractivity contribution < 1.29 is 18.3 Å². The van der Waals surface area contributed by atoms with Crippen molar-refractivity contribution in [3.8, 4) is 5.75 Å². The summed E-state index contributed by atoms with van der Waals surface area (Å²) in [6.45, 7) is 5.20. The van der Waals surface area contributed by atoms with Crippen molar-refractivity contribution in [2.75, 3.05) is 31.5 Å². The quantitative estimate of drug-likeness (QED) is 0.440. The highest BCUT2D eigenvalue weighted by molar-refractivity contribution is 5.93. The van der Waals surface area contributed by atoms with Crippen molar-refractivity contribution in [1.82, 2.24) is 14.8 Å². The number of para-hydroxylation sites is 1. The van der Waals surface area contributed by atoms with E-state index in [2.05, 4.69) is 20.1 Å². The normalized spacial score (nSPS) is 17.6. The Bertz CT molecular complexity index is 1130. The average molecular weight is 471 g/mol. The molecule has 5 rings (SSSR count). The Morgan fingerprint density at radius 3 is 1.97 bits per heavy atom. The fourth-order valence-corrected chi connectivity index (χ4v) is 5.02. The van der Waals surface area contributed by atoms with E-state index < -0.39 is 11.9 Å². The number of anilines is 2. The molecule has 1 aromatic heterocycles. The van der Waals surface area contributed by atoms with Crippen molar-refractivity contribution in [1.29, 1.82) is 0 Å². The van der Waals surface area contributed by atoms with Gasteiger partial charge in [-0.3, -0.25) is 9.80 Å². The van der Waals surface area contributed by atoms with Gasteiger partial charge >= 0.3 is 6.18 Å². The second-order valence-electron chi connectivity index (χ2n) is 9.30. The molecule has 3 aromatic rings. The molecule has 34 heavy (non-hydrogen) atoms. The van der Waals surface area contributed by atoms with Crippen LogP contribution < -0.4 is 5.32 Å². The number of nitrogens with one attached hydrogen (secondary N) is 1. The molecule has 0 bridgehead atoms. The number of fused-ring (bicyclic) bond motifs is 1. The van der Waals surface area contributed by atoms with Gasteiger partial charge in [-0.25, -0.2) is 4.98 Å². The van der Waals surface area contributed by atoms with Crippen LogP contribution in [-0.4, -0.2) is 46.1 Å². The van der Waals surface area contributed by atoms with E-state index in [1.54, 1.807) is 24.3 Å². The summed E-state index contributed by atoms with van der Waals surface area (Å²) in [7, 11) is 0. The molecule has 0 aliphatic carbocycles. The Morgan fingerprint density at radius 1 is 0.853 bits per heavy atom. The molecular formula is C26H29F3N4O. The highest BCUT2D eigenvalue weighted by Crippen LogP contribution is 2.36. The summed E-state index contributed by atoms with van der Waals surface area (Å²) >= 11 is 0. The van der Waals surface area contributed by atoms with Crippen LogP contribution in [0.1, 0.15) is 42.5 Å². The van der Waals surface area contributed by atoms with Gasteiger partial charge in [0.15, 0.2) is 0 Å². The van der Waals surface area contributed by atoms with Crippen LogP contribution >= 0.6 is 0 Å². The van der Waals surface area contributed by atoms with Gasteiger partial charge in [0, 0.05) is 35.3 Å². The fourth-order valence-electron chi connectivity index (χ4n) is 5.02. The minimum absolute atomic E-state index is 0.285. The zero-order valence-corrected chi connectivity index (χ0v) is 19.0. The van der Waals surface area contributed by atoms with E-state index >= 15 is 0 Å². The maximum Gasteiger partial charge on any atom is 0.433 e. The zero-order valence-electron chi connectivity index (χ0n) is 19.0. The van der Waals surface area contributed by atoms with E-state index in [1.807, 2.05) is 12.1 Å². The SMILES string of the molecule is Oc1c(CN2CCCC2)cc(Nc2cc(C(F)(F)F)nc3ccccc23)cc1CN1CCCC1. The highest BCUT2D eigenvalue weighted by Gasteiger charge is 2.33. The molecule has 0 atom stereocenters. The number of hydrogen-bond donors (Lipinski definition) is 2. The average Bonchev–Trinajstić information content (AvgIpc) is 3.50. The Hall–Kier alpha value is -2.84. The van der Waals surface area contributed by atoms with Crippen LogP contribution in [0, 0.1) is 0 Å². The number of likely N-dealkylation sites (tertiary alicyclic amines) is 2. The molecule has 2 saturated heterocycles. The van der Waals surface area contributed by atoms with Crippen LogP contribution in [0.5, 0.6) is 5.75 Å². The van der Waals surface area contributed by atoms with Crippen LogP contribution in [0.15, 0.2) is 42.5 Å². The predicted octanol–water partition coefficient (Wildman–Crippen LogP) is 5.89. The van der Waals surface area contributed by atoms with Gasteiger partial charge in [-0.2, -0.15) is 13.2 Å². The first-order chi connectivity index (χ1) is 16.4. The van der Waals surface area contributed by atoms with Crippen LogP contribution in [0.25, 0.3) is 10.9 Å². The van der Waals surface area contributed by atoms with Gasteiger partial charge in [0.2, 0.25) is 0 Å². The first-order valence-corrected chi connectivity index (χ1v) is 11.9. The van der Waals surface area contributed by atoms with Gasteiger partial charge in [0.25, 0.3) is 0 Å². The molecule has 2 fully saturated rings. The lowest BCUT2D eigenvalue weighted by Crippen LogP contribution is -2.20. The Morgan fingerprint density at radius 2 is 1.41 bits per heavy atom. The van der Waals surface area contributed by atoms with Crippen molar-refractivity contribution >= 4 is 22.3 Å². The van der Waals surface area contributed by atoms with Crippen LogP contribution in [0.4, 0.5) is 24.5 Å². The molecule has 0 saturated carbocycles. The van der Waals surface area contributed by atoms with E-state index in [0.29, 0.717) is 35.6 Å². The summed E-state index contributed by atoms with van der Waals surface area (Å²) in [5, 5.41) is 14.9. The summed E-state index contributed by atoms with van der Waals surface area (Å²) in [6, 6.07) is 11.6. The van der Waals surface area contributed by atoms with Crippen molar-refractivity contribution in [3.63, 3.8) is 0 Å². The molecule has 3 heterocycles. The standard InChI is InChI=1S/C26H29F3N4O/c27-26(28,29)24-15-23(21-7-1-2-8-22(21)31-24)30-20-13-18(16-32-9-3-4-10-32)25(34)19(14-20)17-33-11-5-6-12-33/h1-2,7-8,13-15,34H,3-6,9-12,16-17H2,(H,30,31). The Balaban J connectivity index is 1.54. The van der Waals surface area contributed by atoms with Crippen molar-refractivity contribution in [2.24, 2.45) is 0 Å². The monoisotopic (exact) mass is 470 g/mol. The molecule has 5 nitrogen and oxygen atoms in total. The fraction of sp³-hybridized carbons (Fsp3) is 0.423. The molecule has 0 amide bonds. The topological polar surface area (TPSA) is 51.6 Å². The van der Waals surface area contributed by atoms with Crippen molar-refractivity contribution in [2.45, 2.75) is 44.9 Å². The number of aromatic nitrogens is 1. The number of alkyl halides is 3. The number of aromatic hydroxyl groups is 1. The van der Waals surface area contributed by atoms with Gasteiger partial charge in [0.05, 0.1) is 11.2 Å². The summed E-state index contributed by atoms with van der Waals surface area (Å²) in [4.78, 5) is 8.43. The number of phenols is 1. The molecule has 2 aromatic carbocycles. The van der Waals surface area contributed by atoms with Gasteiger partial charge in [0.1, 0.15) is 11.4 Å². The first-order valence-electron chi connectivity index (χ1n) is 11.9. The highest BCUT2D eigenvalue weighted by atomic mass is 19.4. The third-order valence-electron chi connectivity index (χ3n) is 6.74.